The van der Waals surface area contributed by atoms with Crippen LogP contribution in [0.2, 0.25) is 0 Å². The maximum absolute atomic E-state index is 12.8. The van der Waals surface area contributed by atoms with Crippen LogP contribution in [-0.4, -0.2) is 60.2 Å². The molecular formula is C21H27N3O2S. The van der Waals surface area contributed by atoms with Crippen LogP contribution in [0.4, 0.5) is 0 Å². The highest BCUT2D eigenvalue weighted by atomic mass is 32.2. The molecule has 0 aliphatic carbocycles. The van der Waals surface area contributed by atoms with Gasteiger partial charge in [-0.3, -0.25) is 15.0 Å². The van der Waals surface area contributed by atoms with Crippen molar-refractivity contribution in [3.05, 3.63) is 60.1 Å². The summed E-state index contributed by atoms with van der Waals surface area (Å²) in [7, 11) is 0. The van der Waals surface area contributed by atoms with Crippen molar-refractivity contribution in [1.82, 2.24) is 15.1 Å². The van der Waals surface area contributed by atoms with E-state index in [2.05, 4.69) is 40.5 Å². The fourth-order valence-corrected chi connectivity index (χ4v) is 5.01. The Kier molecular flexibility index (Phi) is 6.17. The molecule has 2 aliphatic heterocycles. The number of hydrogen-bond acceptors (Lipinski definition) is 5. The molecule has 0 saturated carbocycles. The maximum atomic E-state index is 12.8. The number of furan rings is 1. The van der Waals surface area contributed by atoms with Crippen LogP contribution in [0.5, 0.6) is 0 Å². The number of carbonyl (C=O) groups excluding carboxylic acids is 1. The third-order valence-electron chi connectivity index (χ3n) is 5.39. The SMILES string of the molecule is O=C([C@@H]1CSC(c2ccoc2)N1)N1CCN(CCCc2ccccc2)CC1. The van der Waals surface area contributed by atoms with Crippen LogP contribution in [-0.2, 0) is 11.2 Å². The van der Waals surface area contributed by atoms with E-state index in [1.165, 1.54) is 12.0 Å². The second kappa shape index (κ2) is 8.95. The minimum Gasteiger partial charge on any atom is -0.472 e. The topological polar surface area (TPSA) is 48.7 Å². The van der Waals surface area contributed by atoms with Gasteiger partial charge < -0.3 is 9.32 Å². The first-order valence-electron chi connectivity index (χ1n) is 9.74. The van der Waals surface area contributed by atoms with Gasteiger partial charge in [-0.15, -0.1) is 11.8 Å². The Morgan fingerprint density at radius 1 is 1.15 bits per heavy atom. The lowest BCUT2D eigenvalue weighted by Crippen LogP contribution is -2.53. The standard InChI is InChI=1S/C21H27N3O2S/c25-21(19-16-27-20(22-19)18-8-14-26-15-18)24-12-10-23(11-13-24)9-4-7-17-5-2-1-3-6-17/h1-3,5-6,8,14-15,19-20,22H,4,7,9-13,16H2/t19-,20?/m0/s1. The zero-order valence-corrected chi connectivity index (χ0v) is 16.4. The molecule has 4 rings (SSSR count). The monoisotopic (exact) mass is 385 g/mol. The third kappa shape index (κ3) is 4.75. The van der Waals surface area contributed by atoms with E-state index in [9.17, 15) is 4.79 Å². The van der Waals surface area contributed by atoms with Crippen LogP contribution in [0, 0.1) is 0 Å². The summed E-state index contributed by atoms with van der Waals surface area (Å²) >= 11 is 1.78. The number of nitrogens with one attached hydrogen (secondary N) is 1. The van der Waals surface area contributed by atoms with E-state index in [1.54, 1.807) is 24.3 Å². The predicted octanol–water partition coefficient (Wildman–Crippen LogP) is 2.76. The largest absolute Gasteiger partial charge is 0.472 e. The molecule has 2 atom stereocenters. The van der Waals surface area contributed by atoms with Crippen molar-refractivity contribution in [2.75, 3.05) is 38.5 Å². The average molecular weight is 386 g/mol. The van der Waals surface area contributed by atoms with E-state index in [-0.39, 0.29) is 17.3 Å². The first kappa shape index (κ1) is 18.6. The number of piperazine rings is 1. The van der Waals surface area contributed by atoms with E-state index in [0.717, 1.165) is 50.5 Å². The highest BCUT2D eigenvalue weighted by Gasteiger charge is 2.34. The number of carbonyl (C=O) groups is 1. The van der Waals surface area contributed by atoms with Crippen LogP contribution in [0.25, 0.3) is 0 Å². The summed E-state index contributed by atoms with van der Waals surface area (Å²) in [6.07, 6.45) is 5.74. The Balaban J connectivity index is 1.18. The van der Waals surface area contributed by atoms with E-state index in [1.807, 2.05) is 11.0 Å². The van der Waals surface area contributed by atoms with E-state index < -0.39 is 0 Å². The molecule has 6 heteroatoms. The second-order valence-corrected chi connectivity index (χ2v) is 8.38. The van der Waals surface area contributed by atoms with Crippen LogP contribution >= 0.6 is 11.8 Å². The second-order valence-electron chi connectivity index (χ2n) is 7.25. The molecule has 2 aliphatic rings. The summed E-state index contributed by atoms with van der Waals surface area (Å²) in [5, 5.41) is 3.62. The molecule has 27 heavy (non-hydrogen) atoms. The molecule has 1 unspecified atom stereocenters. The Labute approximate surface area is 165 Å². The molecule has 0 bridgehead atoms. The minimum atomic E-state index is -0.0838. The fourth-order valence-electron chi connectivity index (χ4n) is 3.79. The summed E-state index contributed by atoms with van der Waals surface area (Å²) in [5.74, 6) is 1.07. The van der Waals surface area contributed by atoms with Gasteiger partial charge >= 0.3 is 0 Å². The lowest BCUT2D eigenvalue weighted by molar-refractivity contribution is -0.134. The van der Waals surface area contributed by atoms with Crippen LogP contribution in [0.3, 0.4) is 0 Å². The molecule has 2 fully saturated rings. The number of aryl methyl sites for hydroxylation is 1. The fraction of sp³-hybridized carbons (Fsp3) is 0.476. The van der Waals surface area contributed by atoms with Gasteiger partial charge in [0, 0.05) is 37.5 Å². The van der Waals surface area contributed by atoms with Crippen LogP contribution < -0.4 is 5.32 Å². The summed E-state index contributed by atoms with van der Waals surface area (Å²) < 4.78 is 5.16. The summed E-state index contributed by atoms with van der Waals surface area (Å²) in [4.78, 5) is 17.3. The third-order valence-corrected chi connectivity index (χ3v) is 6.66. The maximum Gasteiger partial charge on any atom is 0.240 e. The lowest BCUT2D eigenvalue weighted by atomic mass is 10.1. The molecule has 2 aromatic rings. The van der Waals surface area contributed by atoms with E-state index in [0.29, 0.717) is 0 Å². The van der Waals surface area contributed by atoms with Gasteiger partial charge in [0.2, 0.25) is 5.91 Å². The Bertz CT molecular complexity index is 714. The number of benzene rings is 1. The molecule has 0 spiro atoms. The number of hydrogen-bond donors (Lipinski definition) is 1. The molecule has 5 nitrogen and oxygen atoms in total. The smallest absolute Gasteiger partial charge is 0.240 e. The number of rotatable bonds is 6. The van der Waals surface area contributed by atoms with Crippen molar-refractivity contribution in [3.63, 3.8) is 0 Å². The summed E-state index contributed by atoms with van der Waals surface area (Å²) in [6, 6.07) is 12.5. The van der Waals surface area contributed by atoms with Gasteiger partial charge in [0.25, 0.3) is 0 Å². The van der Waals surface area contributed by atoms with Gasteiger partial charge in [-0.05, 0) is 31.0 Å². The highest BCUT2D eigenvalue weighted by Crippen LogP contribution is 2.33. The Hall–Kier alpha value is -1.76. The molecular weight excluding hydrogens is 358 g/mol. The Morgan fingerprint density at radius 2 is 1.96 bits per heavy atom. The molecule has 1 aromatic heterocycles. The quantitative estimate of drug-likeness (QED) is 0.829. The van der Waals surface area contributed by atoms with Crippen molar-refractivity contribution in [3.8, 4) is 0 Å². The molecule has 1 N–H and O–H groups in total. The van der Waals surface area contributed by atoms with Crippen molar-refractivity contribution in [1.29, 1.82) is 0 Å². The van der Waals surface area contributed by atoms with Crippen LogP contribution in [0.15, 0.2) is 53.3 Å². The zero-order chi connectivity index (χ0) is 18.5. The minimum absolute atomic E-state index is 0.0838. The number of thioether (sulfide) groups is 1. The summed E-state index contributed by atoms with van der Waals surface area (Å²) in [6.45, 7) is 4.74. The van der Waals surface area contributed by atoms with E-state index in [4.69, 9.17) is 4.42 Å². The summed E-state index contributed by atoms with van der Waals surface area (Å²) in [5.41, 5.74) is 2.52. The molecule has 0 radical (unpaired) electrons. The molecule has 2 saturated heterocycles. The van der Waals surface area contributed by atoms with Gasteiger partial charge in [-0.2, -0.15) is 0 Å². The first-order valence-corrected chi connectivity index (χ1v) is 10.8. The van der Waals surface area contributed by atoms with E-state index >= 15 is 0 Å². The van der Waals surface area contributed by atoms with Crippen molar-refractivity contribution in [2.24, 2.45) is 0 Å². The van der Waals surface area contributed by atoms with Crippen molar-refractivity contribution < 1.29 is 9.21 Å². The van der Waals surface area contributed by atoms with Gasteiger partial charge in [-0.25, -0.2) is 0 Å². The number of amides is 1. The van der Waals surface area contributed by atoms with Gasteiger partial charge in [0.15, 0.2) is 0 Å². The number of nitrogens with zero attached hydrogens (tertiary/aromatic N) is 2. The predicted molar refractivity (Wildman–Crippen MR) is 109 cm³/mol. The molecule has 1 aromatic carbocycles. The van der Waals surface area contributed by atoms with Gasteiger partial charge in [0.1, 0.15) is 0 Å². The zero-order valence-electron chi connectivity index (χ0n) is 15.5. The van der Waals surface area contributed by atoms with Crippen molar-refractivity contribution in [2.45, 2.75) is 24.3 Å². The molecule has 144 valence electrons. The normalized spacial score (nSPS) is 23.6. The van der Waals surface area contributed by atoms with Gasteiger partial charge in [-0.1, -0.05) is 30.3 Å². The lowest BCUT2D eigenvalue weighted by Gasteiger charge is -2.36. The Morgan fingerprint density at radius 3 is 2.70 bits per heavy atom. The average Bonchev–Trinajstić information content (AvgIpc) is 3.41. The first-order chi connectivity index (χ1) is 13.3. The van der Waals surface area contributed by atoms with Crippen LogP contribution in [0.1, 0.15) is 22.9 Å². The molecule has 1 amide bonds. The van der Waals surface area contributed by atoms with Crippen molar-refractivity contribution >= 4 is 17.7 Å². The molecule has 3 heterocycles. The van der Waals surface area contributed by atoms with Gasteiger partial charge in [0.05, 0.1) is 23.9 Å². The highest BCUT2D eigenvalue weighted by molar-refractivity contribution is 7.99.